The Morgan fingerprint density at radius 3 is 2.22 bits per heavy atom. The van der Waals surface area contributed by atoms with Crippen LogP contribution in [0.1, 0.15) is 19.8 Å². The molecule has 102 valence electrons. The van der Waals surface area contributed by atoms with Crippen molar-refractivity contribution < 1.29 is 14.4 Å². The van der Waals surface area contributed by atoms with Gasteiger partial charge in [0.15, 0.2) is 0 Å². The number of carbonyl (C=O) groups excluding carboxylic acids is 3. The number of nitrogens with zero attached hydrogens (tertiary/aromatic N) is 2. The molecule has 0 aromatic rings. The van der Waals surface area contributed by atoms with E-state index in [1.165, 1.54) is 0 Å². The van der Waals surface area contributed by atoms with E-state index in [4.69, 9.17) is 11.5 Å². The number of primary amides is 2. The van der Waals surface area contributed by atoms with Crippen LogP contribution < -0.4 is 11.5 Å². The summed E-state index contributed by atoms with van der Waals surface area (Å²) in [6.45, 7) is 2.76. The zero-order valence-corrected chi connectivity index (χ0v) is 10.6. The van der Waals surface area contributed by atoms with Gasteiger partial charge in [0.1, 0.15) is 13.1 Å². The van der Waals surface area contributed by atoms with Crippen molar-refractivity contribution in [3.8, 4) is 0 Å². The van der Waals surface area contributed by atoms with Crippen LogP contribution in [0.3, 0.4) is 0 Å². The fourth-order valence-corrected chi connectivity index (χ4v) is 2.13. The van der Waals surface area contributed by atoms with Gasteiger partial charge in [-0.3, -0.25) is 9.59 Å². The summed E-state index contributed by atoms with van der Waals surface area (Å²) in [6.07, 6.45) is 2.00. The molecule has 7 heteroatoms. The first-order chi connectivity index (χ1) is 8.40. The van der Waals surface area contributed by atoms with Crippen molar-refractivity contribution in [2.24, 2.45) is 17.4 Å². The lowest BCUT2D eigenvalue weighted by Gasteiger charge is -2.34. The summed E-state index contributed by atoms with van der Waals surface area (Å²) < 4.78 is 0. The first-order valence-corrected chi connectivity index (χ1v) is 6.00. The predicted molar refractivity (Wildman–Crippen MR) is 65.3 cm³/mol. The summed E-state index contributed by atoms with van der Waals surface area (Å²) in [5, 5.41) is 0. The van der Waals surface area contributed by atoms with Crippen molar-refractivity contribution in [2.45, 2.75) is 19.8 Å². The fourth-order valence-electron chi connectivity index (χ4n) is 2.13. The Morgan fingerprint density at radius 1 is 1.22 bits per heavy atom. The molecule has 0 aromatic heterocycles. The van der Waals surface area contributed by atoms with Gasteiger partial charge in [-0.1, -0.05) is 6.92 Å². The topological polar surface area (TPSA) is 110 Å². The molecule has 0 aromatic carbocycles. The van der Waals surface area contributed by atoms with Gasteiger partial charge in [0, 0.05) is 13.1 Å². The molecule has 4 N–H and O–H groups in total. The number of amides is 4. The molecule has 1 aliphatic rings. The monoisotopic (exact) mass is 256 g/mol. The second-order valence-corrected chi connectivity index (χ2v) is 4.76. The molecule has 1 fully saturated rings. The Morgan fingerprint density at radius 2 is 1.78 bits per heavy atom. The Bertz CT molecular complexity index is 329. The van der Waals surface area contributed by atoms with Crippen molar-refractivity contribution in [1.29, 1.82) is 0 Å². The highest BCUT2D eigenvalue weighted by molar-refractivity contribution is 5.87. The van der Waals surface area contributed by atoms with Crippen molar-refractivity contribution >= 4 is 17.8 Å². The molecule has 1 heterocycles. The van der Waals surface area contributed by atoms with E-state index in [-0.39, 0.29) is 19.1 Å². The quantitative estimate of drug-likeness (QED) is 0.680. The van der Waals surface area contributed by atoms with Crippen LogP contribution >= 0.6 is 0 Å². The Balaban J connectivity index is 2.67. The Labute approximate surface area is 106 Å². The lowest BCUT2D eigenvalue weighted by molar-refractivity contribution is -0.121. The van der Waals surface area contributed by atoms with Crippen LogP contribution in [0.2, 0.25) is 0 Å². The molecule has 1 unspecified atom stereocenters. The average molecular weight is 256 g/mol. The lowest BCUT2D eigenvalue weighted by Crippen LogP contribution is -2.51. The van der Waals surface area contributed by atoms with Crippen LogP contribution in [0.5, 0.6) is 0 Å². The summed E-state index contributed by atoms with van der Waals surface area (Å²) in [5.41, 5.74) is 10.1. The third-order valence-electron chi connectivity index (χ3n) is 2.89. The Kier molecular flexibility index (Phi) is 4.94. The number of urea groups is 1. The predicted octanol–water partition coefficient (Wildman–Crippen LogP) is -0.889. The van der Waals surface area contributed by atoms with Crippen LogP contribution in [0.15, 0.2) is 0 Å². The van der Waals surface area contributed by atoms with Gasteiger partial charge >= 0.3 is 6.03 Å². The van der Waals surface area contributed by atoms with Gasteiger partial charge in [-0.05, 0) is 18.8 Å². The highest BCUT2D eigenvalue weighted by Crippen LogP contribution is 2.16. The molecule has 0 aliphatic carbocycles. The minimum atomic E-state index is -0.658. The van der Waals surface area contributed by atoms with Crippen LogP contribution in [-0.2, 0) is 9.59 Å². The summed E-state index contributed by atoms with van der Waals surface area (Å²) in [5.74, 6) is -0.893. The van der Waals surface area contributed by atoms with Gasteiger partial charge in [-0.2, -0.15) is 0 Å². The number of carbonyl (C=O) groups is 3. The van der Waals surface area contributed by atoms with Gasteiger partial charge in [0.2, 0.25) is 11.8 Å². The van der Waals surface area contributed by atoms with Crippen LogP contribution in [0.25, 0.3) is 0 Å². The lowest BCUT2D eigenvalue weighted by atomic mass is 10.0. The molecule has 0 radical (unpaired) electrons. The molecule has 0 spiro atoms. The highest BCUT2D eigenvalue weighted by atomic mass is 16.2. The molecule has 0 bridgehead atoms. The minimum absolute atomic E-state index is 0.285. The van der Waals surface area contributed by atoms with E-state index >= 15 is 0 Å². The van der Waals surface area contributed by atoms with E-state index in [0.717, 1.165) is 17.7 Å². The van der Waals surface area contributed by atoms with E-state index in [1.54, 1.807) is 4.90 Å². The van der Waals surface area contributed by atoms with E-state index < -0.39 is 11.8 Å². The molecule has 4 amide bonds. The van der Waals surface area contributed by atoms with E-state index in [2.05, 4.69) is 6.92 Å². The highest BCUT2D eigenvalue weighted by Gasteiger charge is 2.26. The van der Waals surface area contributed by atoms with Gasteiger partial charge in [-0.15, -0.1) is 0 Å². The maximum Gasteiger partial charge on any atom is 0.320 e. The number of hydrogen-bond donors (Lipinski definition) is 2. The second kappa shape index (κ2) is 6.23. The molecule has 7 nitrogen and oxygen atoms in total. The van der Waals surface area contributed by atoms with Crippen LogP contribution in [-0.4, -0.2) is 53.8 Å². The first kappa shape index (κ1) is 14.3. The third-order valence-corrected chi connectivity index (χ3v) is 2.89. The standard InChI is InChI=1S/C11H20N4O3/c1-8-3-2-4-14(5-8)11(18)15(6-9(12)16)7-10(13)17/h8H,2-7H2,1H3,(H2,12,16)(H2,13,17). The zero-order valence-electron chi connectivity index (χ0n) is 10.6. The third kappa shape index (κ3) is 4.23. The molecule has 1 atom stereocenters. The average Bonchev–Trinajstić information content (AvgIpc) is 2.26. The maximum atomic E-state index is 12.2. The molecular weight excluding hydrogens is 236 g/mol. The summed E-state index contributed by atoms with van der Waals surface area (Å²) in [4.78, 5) is 36.7. The summed E-state index contributed by atoms with van der Waals surface area (Å²) in [6, 6.07) is -0.348. The maximum absolute atomic E-state index is 12.2. The van der Waals surface area contributed by atoms with E-state index in [0.29, 0.717) is 19.0 Å². The number of piperidine rings is 1. The van der Waals surface area contributed by atoms with Gasteiger partial charge in [-0.25, -0.2) is 4.79 Å². The molecular formula is C11H20N4O3. The van der Waals surface area contributed by atoms with E-state index in [1.807, 2.05) is 0 Å². The van der Waals surface area contributed by atoms with Crippen LogP contribution in [0, 0.1) is 5.92 Å². The number of hydrogen-bond acceptors (Lipinski definition) is 3. The normalized spacial score (nSPS) is 19.4. The van der Waals surface area contributed by atoms with Crippen molar-refractivity contribution in [3.63, 3.8) is 0 Å². The zero-order chi connectivity index (χ0) is 13.7. The fraction of sp³-hybridized carbons (Fsp3) is 0.727. The van der Waals surface area contributed by atoms with Gasteiger partial charge in [0.25, 0.3) is 0 Å². The van der Waals surface area contributed by atoms with Crippen LogP contribution in [0.4, 0.5) is 4.79 Å². The number of nitrogens with two attached hydrogens (primary N) is 2. The number of likely N-dealkylation sites (tertiary alicyclic amines) is 1. The molecule has 1 aliphatic heterocycles. The molecule has 1 rings (SSSR count). The number of rotatable bonds is 4. The van der Waals surface area contributed by atoms with Crippen molar-refractivity contribution in [1.82, 2.24) is 9.80 Å². The summed E-state index contributed by atoms with van der Waals surface area (Å²) >= 11 is 0. The smallest absolute Gasteiger partial charge is 0.320 e. The summed E-state index contributed by atoms with van der Waals surface area (Å²) in [7, 11) is 0. The van der Waals surface area contributed by atoms with Gasteiger partial charge in [0.05, 0.1) is 0 Å². The Hall–Kier alpha value is -1.79. The largest absolute Gasteiger partial charge is 0.368 e. The van der Waals surface area contributed by atoms with Crippen molar-refractivity contribution in [3.05, 3.63) is 0 Å². The van der Waals surface area contributed by atoms with Gasteiger partial charge < -0.3 is 21.3 Å². The van der Waals surface area contributed by atoms with Crippen molar-refractivity contribution in [2.75, 3.05) is 26.2 Å². The molecule has 0 saturated carbocycles. The van der Waals surface area contributed by atoms with E-state index in [9.17, 15) is 14.4 Å². The molecule has 1 saturated heterocycles. The SMILES string of the molecule is CC1CCCN(C(=O)N(CC(N)=O)CC(N)=O)C1. The second-order valence-electron chi connectivity index (χ2n) is 4.76. The minimum Gasteiger partial charge on any atom is -0.368 e. The first-order valence-electron chi connectivity index (χ1n) is 6.00. The molecule has 18 heavy (non-hydrogen) atoms.